The maximum atomic E-state index is 5.88. The Kier molecular flexibility index (Phi) is 2.92. The molecule has 0 saturated heterocycles. The molecular formula is C11H15ClN2. The smallest absolute Gasteiger partial charge is 0.0509 e. The summed E-state index contributed by atoms with van der Waals surface area (Å²) in [7, 11) is 2.15. The molecular weight excluding hydrogens is 196 g/mol. The molecule has 1 saturated carbocycles. The number of hydrogen-bond donors (Lipinski definition) is 0. The molecule has 0 unspecified atom stereocenters. The number of alkyl halides is 1. The summed E-state index contributed by atoms with van der Waals surface area (Å²) >= 11 is 5.88. The van der Waals surface area contributed by atoms with Crippen molar-refractivity contribution in [1.82, 2.24) is 4.98 Å². The highest BCUT2D eigenvalue weighted by molar-refractivity contribution is 6.17. The number of anilines is 1. The van der Waals surface area contributed by atoms with Crippen LogP contribution in [0.3, 0.4) is 0 Å². The molecule has 0 amide bonds. The molecule has 0 radical (unpaired) electrons. The van der Waals surface area contributed by atoms with Crippen LogP contribution in [0.2, 0.25) is 0 Å². The topological polar surface area (TPSA) is 16.1 Å². The fourth-order valence-electron chi connectivity index (χ4n) is 1.84. The van der Waals surface area contributed by atoms with Gasteiger partial charge in [0.1, 0.15) is 0 Å². The average molecular weight is 211 g/mol. The zero-order valence-electron chi connectivity index (χ0n) is 8.41. The average Bonchev–Trinajstić information content (AvgIpc) is 2.15. The Morgan fingerprint density at radius 2 is 2.36 bits per heavy atom. The molecule has 0 aromatic carbocycles. The second-order valence-electron chi connectivity index (χ2n) is 3.83. The van der Waals surface area contributed by atoms with E-state index in [2.05, 4.69) is 23.0 Å². The van der Waals surface area contributed by atoms with Crippen molar-refractivity contribution >= 4 is 17.3 Å². The van der Waals surface area contributed by atoms with E-state index in [9.17, 15) is 0 Å². The van der Waals surface area contributed by atoms with E-state index < -0.39 is 0 Å². The summed E-state index contributed by atoms with van der Waals surface area (Å²) < 4.78 is 0. The van der Waals surface area contributed by atoms with E-state index in [1.165, 1.54) is 24.9 Å². The van der Waals surface area contributed by atoms with E-state index in [4.69, 9.17) is 11.6 Å². The number of halogens is 1. The van der Waals surface area contributed by atoms with Gasteiger partial charge < -0.3 is 4.90 Å². The second kappa shape index (κ2) is 4.18. The van der Waals surface area contributed by atoms with E-state index in [-0.39, 0.29) is 0 Å². The van der Waals surface area contributed by atoms with Crippen molar-refractivity contribution in [3.63, 3.8) is 0 Å². The van der Waals surface area contributed by atoms with Gasteiger partial charge in [-0.15, -0.1) is 11.6 Å². The number of aromatic nitrogens is 1. The first-order valence-electron chi connectivity index (χ1n) is 5.04. The Labute approximate surface area is 89.9 Å². The van der Waals surface area contributed by atoms with Gasteiger partial charge in [0, 0.05) is 36.7 Å². The minimum atomic E-state index is 0.542. The van der Waals surface area contributed by atoms with Crippen LogP contribution in [-0.4, -0.2) is 18.1 Å². The second-order valence-corrected chi connectivity index (χ2v) is 4.10. The normalized spacial score (nSPS) is 16.4. The molecule has 0 aliphatic heterocycles. The molecule has 14 heavy (non-hydrogen) atoms. The fraction of sp³-hybridized carbons (Fsp3) is 0.545. The molecule has 2 nitrogen and oxygen atoms in total. The van der Waals surface area contributed by atoms with Crippen molar-refractivity contribution < 1.29 is 0 Å². The highest BCUT2D eigenvalue weighted by Crippen LogP contribution is 2.30. The van der Waals surface area contributed by atoms with Crippen molar-refractivity contribution in [1.29, 1.82) is 0 Å². The van der Waals surface area contributed by atoms with E-state index in [0.717, 1.165) is 5.56 Å². The van der Waals surface area contributed by atoms with Gasteiger partial charge in [-0.3, -0.25) is 4.98 Å². The summed E-state index contributed by atoms with van der Waals surface area (Å²) in [5.74, 6) is 0.542. The van der Waals surface area contributed by atoms with Gasteiger partial charge in [-0.1, -0.05) is 0 Å². The van der Waals surface area contributed by atoms with E-state index >= 15 is 0 Å². The van der Waals surface area contributed by atoms with E-state index in [1.807, 2.05) is 12.4 Å². The minimum absolute atomic E-state index is 0.542. The fourth-order valence-corrected chi connectivity index (χ4v) is 2.04. The number of hydrogen-bond acceptors (Lipinski definition) is 2. The van der Waals surface area contributed by atoms with Crippen LogP contribution >= 0.6 is 11.6 Å². The molecule has 1 aliphatic carbocycles. The third-order valence-corrected chi connectivity index (χ3v) is 3.31. The van der Waals surface area contributed by atoms with Crippen LogP contribution in [0.4, 0.5) is 5.69 Å². The van der Waals surface area contributed by atoms with Crippen molar-refractivity contribution in [2.24, 2.45) is 0 Å². The number of pyridine rings is 1. The van der Waals surface area contributed by atoms with Gasteiger partial charge in [-0.25, -0.2) is 0 Å². The lowest BCUT2D eigenvalue weighted by Gasteiger charge is -2.37. The van der Waals surface area contributed by atoms with Crippen molar-refractivity contribution in [2.45, 2.75) is 31.2 Å². The third-order valence-electron chi connectivity index (χ3n) is 3.02. The molecule has 3 heteroatoms. The van der Waals surface area contributed by atoms with Gasteiger partial charge in [-0.2, -0.15) is 0 Å². The molecule has 0 spiro atoms. The molecule has 1 fully saturated rings. The summed E-state index contributed by atoms with van der Waals surface area (Å²) in [6.07, 6.45) is 7.66. The molecule has 0 atom stereocenters. The van der Waals surface area contributed by atoms with Crippen LogP contribution < -0.4 is 4.90 Å². The molecule has 0 bridgehead atoms. The van der Waals surface area contributed by atoms with Crippen LogP contribution in [0, 0.1) is 0 Å². The SMILES string of the molecule is CN(c1ccncc1CCl)C1CCC1. The molecule has 1 aliphatic rings. The van der Waals surface area contributed by atoms with Crippen LogP contribution in [0.15, 0.2) is 18.5 Å². The zero-order valence-corrected chi connectivity index (χ0v) is 9.17. The Morgan fingerprint density at radius 3 is 2.93 bits per heavy atom. The molecule has 76 valence electrons. The Bertz CT molecular complexity index is 310. The Morgan fingerprint density at radius 1 is 1.57 bits per heavy atom. The van der Waals surface area contributed by atoms with Crippen LogP contribution in [0.25, 0.3) is 0 Å². The Balaban J connectivity index is 2.20. The van der Waals surface area contributed by atoms with Crippen LogP contribution in [-0.2, 0) is 5.88 Å². The highest BCUT2D eigenvalue weighted by atomic mass is 35.5. The summed E-state index contributed by atoms with van der Waals surface area (Å²) in [6, 6.07) is 2.76. The first kappa shape index (κ1) is 9.78. The van der Waals surface area contributed by atoms with Crippen molar-refractivity contribution in [3.8, 4) is 0 Å². The first-order chi connectivity index (χ1) is 6.83. The quantitative estimate of drug-likeness (QED) is 0.714. The summed E-state index contributed by atoms with van der Waals surface area (Å²) in [5.41, 5.74) is 2.36. The standard InChI is InChI=1S/C11H15ClN2/c1-14(10-3-2-4-10)11-5-6-13-8-9(11)7-12/h5-6,8,10H,2-4,7H2,1H3. The van der Waals surface area contributed by atoms with Gasteiger partial charge in [0.15, 0.2) is 0 Å². The lowest BCUT2D eigenvalue weighted by molar-refractivity contribution is 0.401. The maximum Gasteiger partial charge on any atom is 0.0509 e. The van der Waals surface area contributed by atoms with Crippen LogP contribution in [0.5, 0.6) is 0 Å². The lowest BCUT2D eigenvalue weighted by atomic mass is 9.91. The molecule has 0 N–H and O–H groups in total. The van der Waals surface area contributed by atoms with E-state index in [1.54, 1.807) is 0 Å². The minimum Gasteiger partial charge on any atom is -0.371 e. The first-order valence-corrected chi connectivity index (χ1v) is 5.58. The van der Waals surface area contributed by atoms with Gasteiger partial charge in [0.25, 0.3) is 0 Å². The number of nitrogens with zero attached hydrogens (tertiary/aromatic N) is 2. The molecule has 2 rings (SSSR count). The third kappa shape index (κ3) is 1.71. The molecule has 1 aromatic rings. The lowest BCUT2D eigenvalue weighted by Crippen LogP contribution is -2.37. The van der Waals surface area contributed by atoms with E-state index in [0.29, 0.717) is 11.9 Å². The van der Waals surface area contributed by atoms with Gasteiger partial charge >= 0.3 is 0 Å². The van der Waals surface area contributed by atoms with Crippen molar-refractivity contribution in [3.05, 3.63) is 24.0 Å². The predicted octanol–water partition coefficient (Wildman–Crippen LogP) is 2.81. The van der Waals surface area contributed by atoms with Crippen LogP contribution in [0.1, 0.15) is 24.8 Å². The molecule has 1 aromatic heterocycles. The number of rotatable bonds is 3. The molecule has 1 heterocycles. The monoisotopic (exact) mass is 210 g/mol. The summed E-state index contributed by atoms with van der Waals surface area (Å²) in [6.45, 7) is 0. The van der Waals surface area contributed by atoms with Crippen molar-refractivity contribution in [2.75, 3.05) is 11.9 Å². The van der Waals surface area contributed by atoms with Gasteiger partial charge in [-0.05, 0) is 25.3 Å². The summed E-state index contributed by atoms with van der Waals surface area (Å²) in [5, 5.41) is 0. The largest absolute Gasteiger partial charge is 0.371 e. The maximum absolute atomic E-state index is 5.88. The van der Waals surface area contributed by atoms with Gasteiger partial charge in [0.05, 0.1) is 5.88 Å². The van der Waals surface area contributed by atoms with Gasteiger partial charge in [0.2, 0.25) is 0 Å². The predicted molar refractivity (Wildman–Crippen MR) is 59.8 cm³/mol. The highest BCUT2D eigenvalue weighted by Gasteiger charge is 2.23. The zero-order chi connectivity index (χ0) is 9.97. The summed E-state index contributed by atoms with van der Waals surface area (Å²) in [4.78, 5) is 6.43. The Hall–Kier alpha value is -0.760.